The van der Waals surface area contributed by atoms with Crippen molar-refractivity contribution in [2.45, 2.75) is 13.5 Å². The number of hydrogen-bond acceptors (Lipinski definition) is 2. The molecule has 1 N–H and O–H groups in total. The van der Waals surface area contributed by atoms with Crippen molar-refractivity contribution in [3.05, 3.63) is 33.3 Å². The summed E-state index contributed by atoms with van der Waals surface area (Å²) in [5.74, 6) is 0.0240. The zero-order valence-corrected chi connectivity index (χ0v) is 10.8. The van der Waals surface area contributed by atoms with E-state index in [0.717, 1.165) is 15.1 Å². The number of nitrogens with zero attached hydrogens (tertiary/aromatic N) is 1. The van der Waals surface area contributed by atoms with E-state index in [4.69, 9.17) is 16.9 Å². The van der Waals surface area contributed by atoms with Gasteiger partial charge in [0.05, 0.1) is 12.0 Å². The van der Waals surface area contributed by atoms with Crippen molar-refractivity contribution in [1.29, 1.82) is 5.26 Å². The standard InChI is InChI=1S/C11H12BrClN2/c1-8(5-14)6-15-7-9-4-10(12)2-3-11(9)13/h2-4,8,15H,6-7H2,1H3. The van der Waals surface area contributed by atoms with Crippen molar-refractivity contribution in [2.75, 3.05) is 6.54 Å². The second-order valence-electron chi connectivity index (χ2n) is 3.40. The maximum Gasteiger partial charge on any atom is 0.0666 e. The molecule has 0 fully saturated rings. The highest BCUT2D eigenvalue weighted by molar-refractivity contribution is 9.10. The normalized spacial score (nSPS) is 12.1. The molecule has 4 heteroatoms. The molecular weight excluding hydrogens is 275 g/mol. The lowest BCUT2D eigenvalue weighted by atomic mass is 10.2. The Kier molecular flexibility index (Phi) is 5.10. The predicted molar refractivity (Wildman–Crippen MR) is 65.6 cm³/mol. The molecular formula is C11H12BrClN2. The summed E-state index contributed by atoms with van der Waals surface area (Å²) < 4.78 is 1.01. The first-order valence-electron chi connectivity index (χ1n) is 4.67. The van der Waals surface area contributed by atoms with Crippen molar-refractivity contribution in [3.63, 3.8) is 0 Å². The Morgan fingerprint density at radius 3 is 3.00 bits per heavy atom. The van der Waals surface area contributed by atoms with Crippen molar-refractivity contribution in [1.82, 2.24) is 5.32 Å². The molecule has 0 spiro atoms. The minimum Gasteiger partial charge on any atom is -0.311 e. The largest absolute Gasteiger partial charge is 0.311 e. The number of halogens is 2. The average molecular weight is 288 g/mol. The Morgan fingerprint density at radius 1 is 1.60 bits per heavy atom. The fraction of sp³-hybridized carbons (Fsp3) is 0.364. The Morgan fingerprint density at radius 2 is 2.33 bits per heavy atom. The van der Waals surface area contributed by atoms with Crippen molar-refractivity contribution >= 4 is 27.5 Å². The van der Waals surface area contributed by atoms with Crippen LogP contribution in [-0.4, -0.2) is 6.54 Å². The molecule has 1 atom stereocenters. The van der Waals surface area contributed by atoms with Crippen LogP contribution < -0.4 is 5.32 Å². The molecule has 1 aromatic rings. The fourth-order valence-corrected chi connectivity index (χ4v) is 1.74. The predicted octanol–water partition coefficient (Wildman–Crippen LogP) is 3.35. The molecule has 2 nitrogen and oxygen atoms in total. The third-order valence-electron chi connectivity index (χ3n) is 1.99. The van der Waals surface area contributed by atoms with Gasteiger partial charge >= 0.3 is 0 Å². The van der Waals surface area contributed by atoms with Crippen LogP contribution >= 0.6 is 27.5 Å². The summed E-state index contributed by atoms with van der Waals surface area (Å²) in [6, 6.07) is 7.91. The van der Waals surface area contributed by atoms with Crippen molar-refractivity contribution in [3.8, 4) is 6.07 Å². The maximum atomic E-state index is 8.61. The molecule has 0 aliphatic carbocycles. The lowest BCUT2D eigenvalue weighted by Crippen LogP contribution is -2.19. The van der Waals surface area contributed by atoms with Gasteiger partial charge in [0.25, 0.3) is 0 Å². The summed E-state index contributed by atoms with van der Waals surface area (Å²) in [7, 11) is 0. The smallest absolute Gasteiger partial charge is 0.0666 e. The highest BCUT2D eigenvalue weighted by Crippen LogP contribution is 2.20. The van der Waals surface area contributed by atoms with Crippen LogP contribution in [0.25, 0.3) is 0 Å². The molecule has 0 saturated carbocycles. The SMILES string of the molecule is CC(C#N)CNCc1cc(Br)ccc1Cl. The van der Waals surface area contributed by atoms with Crippen molar-refractivity contribution < 1.29 is 0 Å². The van der Waals surface area contributed by atoms with E-state index in [1.807, 2.05) is 25.1 Å². The summed E-state index contributed by atoms with van der Waals surface area (Å²) >= 11 is 9.41. The first-order chi connectivity index (χ1) is 7.13. The minimum atomic E-state index is 0.0240. The number of nitriles is 1. The molecule has 1 unspecified atom stereocenters. The zero-order valence-electron chi connectivity index (χ0n) is 8.43. The molecule has 0 saturated heterocycles. The second kappa shape index (κ2) is 6.12. The number of hydrogen-bond donors (Lipinski definition) is 1. The van der Waals surface area contributed by atoms with Gasteiger partial charge in [-0.2, -0.15) is 5.26 Å². The Balaban J connectivity index is 2.51. The zero-order chi connectivity index (χ0) is 11.3. The average Bonchev–Trinajstić information content (AvgIpc) is 2.23. The van der Waals surface area contributed by atoms with E-state index in [1.54, 1.807) is 0 Å². The molecule has 80 valence electrons. The topological polar surface area (TPSA) is 35.8 Å². The van der Waals surface area contributed by atoms with Gasteiger partial charge in [0.2, 0.25) is 0 Å². The van der Waals surface area contributed by atoms with Crippen LogP contribution in [0, 0.1) is 17.2 Å². The minimum absolute atomic E-state index is 0.0240. The van der Waals surface area contributed by atoms with Gasteiger partial charge in [-0.1, -0.05) is 27.5 Å². The third-order valence-corrected chi connectivity index (χ3v) is 2.86. The van der Waals surface area contributed by atoms with E-state index in [2.05, 4.69) is 27.3 Å². The highest BCUT2D eigenvalue weighted by Gasteiger charge is 2.02. The lowest BCUT2D eigenvalue weighted by molar-refractivity contribution is 0.601. The fourth-order valence-electron chi connectivity index (χ4n) is 1.15. The van der Waals surface area contributed by atoms with E-state index >= 15 is 0 Å². The van der Waals surface area contributed by atoms with Crippen LogP contribution in [0.2, 0.25) is 5.02 Å². The van der Waals surface area contributed by atoms with E-state index in [9.17, 15) is 0 Å². The van der Waals surface area contributed by atoms with Crippen LogP contribution in [0.5, 0.6) is 0 Å². The number of nitrogens with one attached hydrogen (secondary N) is 1. The first kappa shape index (κ1) is 12.5. The number of rotatable bonds is 4. The molecule has 15 heavy (non-hydrogen) atoms. The van der Waals surface area contributed by atoms with E-state index < -0.39 is 0 Å². The van der Waals surface area contributed by atoms with Crippen LogP contribution in [0.4, 0.5) is 0 Å². The van der Waals surface area contributed by atoms with Crippen molar-refractivity contribution in [2.24, 2.45) is 5.92 Å². The van der Waals surface area contributed by atoms with Crippen LogP contribution in [-0.2, 0) is 6.54 Å². The maximum absolute atomic E-state index is 8.61. The molecule has 0 aromatic heterocycles. The number of benzene rings is 1. The van der Waals surface area contributed by atoms with Gasteiger partial charge in [0, 0.05) is 22.6 Å². The Labute approximate surface area is 103 Å². The van der Waals surface area contributed by atoms with Gasteiger partial charge in [-0.15, -0.1) is 0 Å². The summed E-state index contributed by atoms with van der Waals surface area (Å²) in [5, 5.41) is 12.5. The first-order valence-corrected chi connectivity index (χ1v) is 5.85. The molecule has 1 rings (SSSR count). The molecule has 0 heterocycles. The molecule has 0 aliphatic heterocycles. The van der Waals surface area contributed by atoms with Crippen LogP contribution in [0.15, 0.2) is 22.7 Å². The Bertz CT molecular complexity index is 373. The van der Waals surface area contributed by atoms with Crippen LogP contribution in [0.3, 0.4) is 0 Å². The summed E-state index contributed by atoms with van der Waals surface area (Å²) in [6.45, 7) is 3.25. The third kappa shape index (κ3) is 4.21. The molecule has 0 radical (unpaired) electrons. The highest BCUT2D eigenvalue weighted by atomic mass is 79.9. The van der Waals surface area contributed by atoms with Gasteiger partial charge in [0.15, 0.2) is 0 Å². The Hall–Kier alpha value is -0.560. The van der Waals surface area contributed by atoms with E-state index in [-0.39, 0.29) is 5.92 Å². The van der Waals surface area contributed by atoms with Crippen LogP contribution in [0.1, 0.15) is 12.5 Å². The molecule has 0 amide bonds. The van der Waals surface area contributed by atoms with E-state index in [1.165, 1.54) is 0 Å². The van der Waals surface area contributed by atoms with Gasteiger partial charge in [-0.25, -0.2) is 0 Å². The summed E-state index contributed by atoms with van der Waals surface area (Å²) in [5.41, 5.74) is 1.04. The second-order valence-corrected chi connectivity index (χ2v) is 4.72. The lowest BCUT2D eigenvalue weighted by Gasteiger charge is -2.07. The monoisotopic (exact) mass is 286 g/mol. The quantitative estimate of drug-likeness (QED) is 0.922. The molecule has 1 aromatic carbocycles. The molecule has 0 bridgehead atoms. The van der Waals surface area contributed by atoms with Gasteiger partial charge < -0.3 is 5.32 Å². The molecule has 0 aliphatic rings. The summed E-state index contributed by atoms with van der Waals surface area (Å²) in [6.07, 6.45) is 0. The van der Waals surface area contributed by atoms with Gasteiger partial charge in [0.1, 0.15) is 0 Å². The van der Waals surface area contributed by atoms with E-state index in [0.29, 0.717) is 13.1 Å². The van der Waals surface area contributed by atoms with Gasteiger partial charge in [-0.3, -0.25) is 0 Å². The van der Waals surface area contributed by atoms with Gasteiger partial charge in [-0.05, 0) is 30.7 Å². The summed E-state index contributed by atoms with van der Waals surface area (Å²) in [4.78, 5) is 0.